The Balaban J connectivity index is 3.93. The quantitative estimate of drug-likeness (QED) is 0.358. The van der Waals surface area contributed by atoms with E-state index in [1.54, 1.807) is 6.92 Å². The minimum absolute atomic E-state index is 0.112. The molecule has 6 nitrogen and oxygen atoms in total. The van der Waals surface area contributed by atoms with Crippen molar-refractivity contribution in [1.29, 1.82) is 0 Å². The summed E-state index contributed by atoms with van der Waals surface area (Å²) in [4.78, 5) is 33.2. The Hall–Kier alpha value is -1.85. The number of carboxylic acid groups (broad SMARTS) is 1. The third kappa shape index (κ3) is 10.6. The van der Waals surface area contributed by atoms with Crippen LogP contribution in [0.15, 0.2) is 12.2 Å². The van der Waals surface area contributed by atoms with E-state index in [1.165, 1.54) is 0 Å². The second-order valence-electron chi connectivity index (χ2n) is 4.90. The Bertz CT molecular complexity index is 374. The minimum Gasteiger partial charge on any atom is -0.479 e. The maximum Gasteiger partial charge on any atom is 0.341 e. The van der Waals surface area contributed by atoms with E-state index < -0.39 is 24.5 Å². The van der Waals surface area contributed by atoms with Crippen molar-refractivity contribution >= 4 is 17.9 Å². The van der Waals surface area contributed by atoms with Crippen LogP contribution in [-0.2, 0) is 23.9 Å². The van der Waals surface area contributed by atoms with Crippen LogP contribution < -0.4 is 0 Å². The molecular weight excluding hydrogens is 276 g/mol. The highest BCUT2D eigenvalue weighted by Gasteiger charge is 2.17. The third-order valence-corrected chi connectivity index (χ3v) is 2.77. The molecule has 0 heterocycles. The summed E-state index contributed by atoms with van der Waals surface area (Å²) in [5.74, 6) is -2.72. The van der Waals surface area contributed by atoms with Gasteiger partial charge in [0.05, 0.1) is 12.5 Å². The van der Waals surface area contributed by atoms with Crippen LogP contribution in [0.1, 0.15) is 52.4 Å². The van der Waals surface area contributed by atoms with Crippen LogP contribution in [0.5, 0.6) is 0 Å². The number of aliphatic carboxylic acids is 1. The molecule has 21 heavy (non-hydrogen) atoms. The second-order valence-corrected chi connectivity index (χ2v) is 4.90. The molecule has 0 rings (SSSR count). The van der Waals surface area contributed by atoms with E-state index in [4.69, 9.17) is 9.84 Å². The smallest absolute Gasteiger partial charge is 0.341 e. The first-order chi connectivity index (χ1) is 9.86. The summed E-state index contributed by atoms with van der Waals surface area (Å²) in [7, 11) is 0. The van der Waals surface area contributed by atoms with Crippen molar-refractivity contribution in [3.63, 3.8) is 0 Å². The molecule has 1 N–H and O–H groups in total. The number of carbonyl (C=O) groups excluding carboxylic acids is 2. The summed E-state index contributed by atoms with van der Waals surface area (Å²) in [6.07, 6.45) is 4.67. The summed E-state index contributed by atoms with van der Waals surface area (Å²) < 4.78 is 9.57. The monoisotopic (exact) mass is 300 g/mol. The van der Waals surface area contributed by atoms with Gasteiger partial charge in [0.25, 0.3) is 0 Å². The van der Waals surface area contributed by atoms with Crippen molar-refractivity contribution in [3.05, 3.63) is 12.2 Å². The molecule has 120 valence electrons. The van der Waals surface area contributed by atoms with E-state index in [0.717, 1.165) is 32.1 Å². The zero-order chi connectivity index (χ0) is 16.3. The summed E-state index contributed by atoms with van der Waals surface area (Å²) in [6, 6.07) is 0. The standard InChI is InChI=1S/C15H24O6/c1-4-5-6-7-8-12(3)21-14(18)9-11(2)15(19)20-10-13(16)17/h12H,2,4-10H2,1,3H3,(H,16,17)/t12-/m0/s1. The van der Waals surface area contributed by atoms with Gasteiger partial charge in [0.1, 0.15) is 0 Å². The van der Waals surface area contributed by atoms with Crippen LogP contribution >= 0.6 is 0 Å². The van der Waals surface area contributed by atoms with E-state index in [2.05, 4.69) is 18.2 Å². The SMILES string of the molecule is C=C(CC(=O)O[C@@H](C)CCCCCC)C(=O)OCC(=O)O. The molecule has 6 heteroatoms. The van der Waals surface area contributed by atoms with E-state index in [9.17, 15) is 14.4 Å². The fraction of sp³-hybridized carbons (Fsp3) is 0.667. The first-order valence-electron chi connectivity index (χ1n) is 7.13. The summed E-state index contributed by atoms with van der Waals surface area (Å²) in [5, 5.41) is 8.37. The topological polar surface area (TPSA) is 89.9 Å². The maximum absolute atomic E-state index is 11.6. The van der Waals surface area contributed by atoms with Crippen molar-refractivity contribution in [3.8, 4) is 0 Å². The average Bonchev–Trinajstić information content (AvgIpc) is 2.40. The molecule has 0 aromatic rings. The third-order valence-electron chi connectivity index (χ3n) is 2.77. The molecule has 0 aromatic carbocycles. The number of carbonyl (C=O) groups is 3. The average molecular weight is 300 g/mol. The summed E-state index contributed by atoms with van der Waals surface area (Å²) in [6.45, 7) is 6.57. The zero-order valence-corrected chi connectivity index (χ0v) is 12.7. The lowest BCUT2D eigenvalue weighted by atomic mass is 10.1. The van der Waals surface area contributed by atoms with Gasteiger partial charge in [-0.15, -0.1) is 0 Å². The van der Waals surface area contributed by atoms with Gasteiger partial charge in [-0.05, 0) is 19.8 Å². The fourth-order valence-corrected chi connectivity index (χ4v) is 1.66. The van der Waals surface area contributed by atoms with Crippen LogP contribution in [0.25, 0.3) is 0 Å². The Kier molecular flexibility index (Phi) is 9.92. The lowest BCUT2D eigenvalue weighted by Gasteiger charge is -2.13. The number of unbranched alkanes of at least 4 members (excludes halogenated alkanes) is 3. The molecule has 0 aliphatic rings. The van der Waals surface area contributed by atoms with Crippen LogP contribution in [0, 0.1) is 0 Å². The summed E-state index contributed by atoms with van der Waals surface area (Å²) in [5.41, 5.74) is -0.112. The van der Waals surface area contributed by atoms with Gasteiger partial charge < -0.3 is 14.6 Å². The van der Waals surface area contributed by atoms with E-state index in [-0.39, 0.29) is 18.1 Å². The van der Waals surface area contributed by atoms with Crippen molar-refractivity contribution in [1.82, 2.24) is 0 Å². The Morgan fingerprint density at radius 3 is 2.43 bits per heavy atom. The molecule has 0 bridgehead atoms. The molecule has 0 amide bonds. The van der Waals surface area contributed by atoms with Crippen molar-refractivity contribution in [2.75, 3.05) is 6.61 Å². The first-order valence-corrected chi connectivity index (χ1v) is 7.13. The lowest BCUT2D eigenvalue weighted by Crippen LogP contribution is -2.19. The van der Waals surface area contributed by atoms with Gasteiger partial charge in [0, 0.05) is 5.57 Å². The lowest BCUT2D eigenvalue weighted by molar-refractivity contribution is -0.154. The van der Waals surface area contributed by atoms with Gasteiger partial charge >= 0.3 is 17.9 Å². The molecule has 0 saturated heterocycles. The molecule has 0 saturated carbocycles. The van der Waals surface area contributed by atoms with Crippen LogP contribution in [0.2, 0.25) is 0 Å². The molecule has 0 aromatic heterocycles. The molecule has 0 fully saturated rings. The molecule has 0 spiro atoms. The number of esters is 2. The highest BCUT2D eigenvalue weighted by atomic mass is 16.6. The van der Waals surface area contributed by atoms with E-state index in [0.29, 0.717) is 0 Å². The van der Waals surface area contributed by atoms with Crippen LogP contribution in [0.3, 0.4) is 0 Å². The minimum atomic E-state index is -1.26. The van der Waals surface area contributed by atoms with Crippen molar-refractivity contribution < 1.29 is 29.0 Å². The molecule has 0 unspecified atom stereocenters. The predicted molar refractivity (Wildman–Crippen MR) is 76.7 cm³/mol. The van der Waals surface area contributed by atoms with E-state index in [1.807, 2.05) is 0 Å². The number of ether oxygens (including phenoxy) is 2. The molecule has 0 aliphatic heterocycles. The molecule has 1 atom stereocenters. The number of carboxylic acids is 1. The normalized spacial score (nSPS) is 11.5. The molecule has 0 radical (unpaired) electrons. The highest BCUT2D eigenvalue weighted by Crippen LogP contribution is 2.10. The second kappa shape index (κ2) is 10.9. The number of hydrogen-bond acceptors (Lipinski definition) is 5. The fourth-order valence-electron chi connectivity index (χ4n) is 1.66. The molecule has 0 aliphatic carbocycles. The van der Waals surface area contributed by atoms with Gasteiger partial charge in [0.15, 0.2) is 6.61 Å². The largest absolute Gasteiger partial charge is 0.479 e. The van der Waals surface area contributed by atoms with E-state index >= 15 is 0 Å². The molecular formula is C15H24O6. The Labute approximate surface area is 125 Å². The van der Waals surface area contributed by atoms with Crippen LogP contribution in [-0.4, -0.2) is 35.7 Å². The van der Waals surface area contributed by atoms with Gasteiger partial charge in [-0.1, -0.05) is 32.8 Å². The van der Waals surface area contributed by atoms with Crippen molar-refractivity contribution in [2.24, 2.45) is 0 Å². The Morgan fingerprint density at radius 1 is 1.19 bits per heavy atom. The summed E-state index contributed by atoms with van der Waals surface area (Å²) >= 11 is 0. The zero-order valence-electron chi connectivity index (χ0n) is 12.7. The van der Waals surface area contributed by atoms with Gasteiger partial charge in [-0.25, -0.2) is 9.59 Å². The van der Waals surface area contributed by atoms with Crippen molar-refractivity contribution in [2.45, 2.75) is 58.5 Å². The number of hydrogen-bond donors (Lipinski definition) is 1. The number of rotatable bonds is 11. The van der Waals surface area contributed by atoms with Gasteiger partial charge in [0.2, 0.25) is 0 Å². The highest BCUT2D eigenvalue weighted by molar-refractivity contribution is 5.94. The first kappa shape index (κ1) is 19.1. The van der Waals surface area contributed by atoms with Crippen LogP contribution in [0.4, 0.5) is 0 Å². The van der Waals surface area contributed by atoms with Gasteiger partial charge in [-0.3, -0.25) is 4.79 Å². The maximum atomic E-state index is 11.6. The predicted octanol–water partition coefficient (Wildman–Crippen LogP) is 2.46. The Morgan fingerprint density at radius 2 is 1.86 bits per heavy atom. The van der Waals surface area contributed by atoms with Gasteiger partial charge in [-0.2, -0.15) is 0 Å².